The van der Waals surface area contributed by atoms with Crippen molar-refractivity contribution in [3.05, 3.63) is 11.5 Å². The van der Waals surface area contributed by atoms with Crippen molar-refractivity contribution in [1.82, 2.24) is 9.97 Å². The lowest BCUT2D eigenvalue weighted by atomic mass is 9.78. The van der Waals surface area contributed by atoms with Gasteiger partial charge in [-0.1, -0.05) is 11.8 Å². The number of nitrogens with zero attached hydrogens (tertiary/aromatic N) is 4. The molecule has 0 amide bonds. The number of thioether (sulfide) groups is 1. The van der Waals surface area contributed by atoms with Gasteiger partial charge in [-0.15, -0.1) is 0 Å². The highest BCUT2D eigenvalue weighted by Crippen LogP contribution is 2.51. The van der Waals surface area contributed by atoms with Gasteiger partial charge < -0.3 is 20.1 Å². The van der Waals surface area contributed by atoms with E-state index >= 15 is 0 Å². The lowest BCUT2D eigenvalue weighted by molar-refractivity contribution is 0.0504. The molecule has 0 unspecified atom stereocenters. The summed E-state index contributed by atoms with van der Waals surface area (Å²) in [6.45, 7) is 5.49. The van der Waals surface area contributed by atoms with Gasteiger partial charge in [-0.05, 0) is 25.7 Å². The minimum atomic E-state index is -0.506. The molecule has 0 aliphatic carbocycles. The highest BCUT2D eigenvalue weighted by atomic mass is 32.2. The molecule has 2 atom stereocenters. The number of hydrogen-bond acceptors (Lipinski definition) is 8. The molecule has 3 aliphatic heterocycles. The zero-order valence-corrected chi connectivity index (χ0v) is 15.9. The third kappa shape index (κ3) is 2.90. The second-order valence-electron chi connectivity index (χ2n) is 7.13. The Morgan fingerprint density at radius 1 is 1.31 bits per heavy atom. The van der Waals surface area contributed by atoms with Crippen LogP contribution in [-0.2, 0) is 4.74 Å². The molecule has 3 aliphatic rings. The van der Waals surface area contributed by atoms with Gasteiger partial charge in [-0.25, -0.2) is 4.98 Å². The van der Waals surface area contributed by atoms with Gasteiger partial charge in [-0.3, -0.25) is 4.99 Å². The minimum Gasteiger partial charge on any atom is -0.479 e. The van der Waals surface area contributed by atoms with Crippen LogP contribution < -0.4 is 15.4 Å². The number of hydrogen-bond donors (Lipinski definition) is 1. The Morgan fingerprint density at radius 2 is 2.08 bits per heavy atom. The van der Waals surface area contributed by atoms with Crippen LogP contribution >= 0.6 is 11.8 Å². The van der Waals surface area contributed by atoms with Gasteiger partial charge in [0.05, 0.1) is 17.6 Å². The number of halogens is 1. The van der Waals surface area contributed by atoms with Crippen LogP contribution in [0.25, 0.3) is 0 Å². The van der Waals surface area contributed by atoms with E-state index in [1.165, 1.54) is 7.11 Å². The molecule has 0 spiro atoms. The van der Waals surface area contributed by atoms with Crippen LogP contribution in [0, 0.1) is 24.6 Å². The summed E-state index contributed by atoms with van der Waals surface area (Å²) < 4.78 is 24.7. The van der Waals surface area contributed by atoms with Gasteiger partial charge in [0.1, 0.15) is 0 Å². The van der Waals surface area contributed by atoms with Gasteiger partial charge in [0.25, 0.3) is 5.88 Å². The topological polar surface area (TPSA) is 85.9 Å². The molecule has 4 heterocycles. The molecule has 0 aromatic carbocycles. The molecule has 2 saturated heterocycles. The van der Waals surface area contributed by atoms with Crippen LogP contribution in [0.5, 0.6) is 5.88 Å². The van der Waals surface area contributed by atoms with Gasteiger partial charge in [0, 0.05) is 38.8 Å². The molecule has 2 N–H and O–H groups in total. The zero-order chi connectivity index (χ0) is 18.3. The molecular formula is C17H24FN5O2S. The summed E-state index contributed by atoms with van der Waals surface area (Å²) in [4.78, 5) is 15.3. The Hall–Kier alpha value is -1.61. The number of fused-ring (bicyclic) bond motifs is 1. The highest BCUT2D eigenvalue weighted by Gasteiger charge is 2.54. The first-order valence-electron chi connectivity index (χ1n) is 8.93. The number of aliphatic imine (C=N–C) groups is 1. The van der Waals surface area contributed by atoms with Crippen molar-refractivity contribution in [2.24, 2.45) is 22.6 Å². The largest absolute Gasteiger partial charge is 0.479 e. The maximum atomic E-state index is 14.1. The maximum Gasteiger partial charge on any atom is 0.255 e. The van der Waals surface area contributed by atoms with Crippen molar-refractivity contribution in [3.63, 3.8) is 0 Å². The smallest absolute Gasteiger partial charge is 0.255 e. The molecule has 142 valence electrons. The zero-order valence-electron chi connectivity index (χ0n) is 15.1. The van der Waals surface area contributed by atoms with Crippen LogP contribution in [0.15, 0.2) is 4.99 Å². The Bertz CT molecular complexity index is 727. The summed E-state index contributed by atoms with van der Waals surface area (Å²) in [7, 11) is 1.42. The molecule has 0 radical (unpaired) electrons. The predicted molar refractivity (Wildman–Crippen MR) is 99.3 cm³/mol. The number of amidine groups is 1. The fourth-order valence-electron chi connectivity index (χ4n) is 4.35. The highest BCUT2D eigenvalue weighted by molar-refractivity contribution is 8.15. The van der Waals surface area contributed by atoms with E-state index in [0.29, 0.717) is 35.2 Å². The quantitative estimate of drug-likeness (QED) is 0.851. The molecule has 9 heteroatoms. The van der Waals surface area contributed by atoms with Crippen molar-refractivity contribution in [2.45, 2.75) is 24.5 Å². The van der Waals surface area contributed by atoms with Crippen LogP contribution in [0.4, 0.5) is 10.3 Å². The average molecular weight is 381 g/mol. The van der Waals surface area contributed by atoms with E-state index in [2.05, 4.69) is 19.9 Å². The number of anilines is 1. The molecule has 7 nitrogen and oxygen atoms in total. The van der Waals surface area contributed by atoms with Crippen LogP contribution in [-0.4, -0.2) is 59.8 Å². The lowest BCUT2D eigenvalue weighted by Gasteiger charge is -2.43. The van der Waals surface area contributed by atoms with E-state index in [-0.39, 0.29) is 10.6 Å². The first-order chi connectivity index (χ1) is 12.5. The van der Waals surface area contributed by atoms with Gasteiger partial charge in [-0.2, -0.15) is 9.37 Å². The number of rotatable bonds is 3. The van der Waals surface area contributed by atoms with E-state index in [0.717, 1.165) is 39.1 Å². The Kier molecular flexibility index (Phi) is 4.68. The SMILES string of the molecule is COc1nc(N2C[C@@H]3CN=C(N)S[C@@]3(C3CCOCC3)C2)nc(C)c1F. The van der Waals surface area contributed by atoms with E-state index < -0.39 is 5.82 Å². The first kappa shape index (κ1) is 17.8. The van der Waals surface area contributed by atoms with Gasteiger partial charge >= 0.3 is 0 Å². The van der Waals surface area contributed by atoms with Crippen LogP contribution in [0.2, 0.25) is 0 Å². The average Bonchev–Trinajstić information content (AvgIpc) is 3.04. The number of nitrogens with two attached hydrogens (primary N) is 1. The number of ether oxygens (including phenoxy) is 2. The Balaban J connectivity index is 1.66. The fourth-order valence-corrected chi connectivity index (χ4v) is 5.81. The standard InChI is InChI=1S/C17H24FN5O2S/c1-10-13(18)14(24-2)22-16(21-10)23-8-12-7-20-15(19)26-17(12,9-23)11-3-5-25-6-4-11/h11-12H,3-9H2,1-2H3,(H2,19,20)/t12-,17+/m0/s1. The normalized spacial score (nSPS) is 29.4. The van der Waals surface area contributed by atoms with Crippen molar-refractivity contribution >= 4 is 22.9 Å². The summed E-state index contributed by atoms with van der Waals surface area (Å²) in [6.07, 6.45) is 2.05. The lowest BCUT2D eigenvalue weighted by Crippen LogP contribution is -2.49. The third-order valence-corrected chi connectivity index (χ3v) is 7.21. The van der Waals surface area contributed by atoms with Gasteiger partial charge in [0.2, 0.25) is 11.8 Å². The Labute approximate surface area is 156 Å². The molecule has 0 bridgehead atoms. The summed E-state index contributed by atoms with van der Waals surface area (Å²) in [6, 6.07) is 0. The van der Waals surface area contributed by atoms with Crippen molar-refractivity contribution in [2.75, 3.05) is 44.9 Å². The molecule has 4 rings (SSSR count). The number of aryl methyl sites for hydroxylation is 1. The Morgan fingerprint density at radius 3 is 2.81 bits per heavy atom. The van der Waals surface area contributed by atoms with Crippen LogP contribution in [0.1, 0.15) is 18.5 Å². The summed E-state index contributed by atoms with van der Waals surface area (Å²) in [5, 5.41) is 0.656. The number of aromatic nitrogens is 2. The van der Waals surface area contributed by atoms with E-state index in [1.807, 2.05) is 0 Å². The van der Waals surface area contributed by atoms with E-state index in [9.17, 15) is 4.39 Å². The molecular weight excluding hydrogens is 357 g/mol. The molecule has 1 aromatic rings. The predicted octanol–water partition coefficient (Wildman–Crippen LogP) is 1.60. The molecule has 0 saturated carbocycles. The second-order valence-corrected chi connectivity index (χ2v) is 8.51. The van der Waals surface area contributed by atoms with E-state index in [1.54, 1.807) is 18.7 Å². The molecule has 26 heavy (non-hydrogen) atoms. The molecule has 2 fully saturated rings. The third-order valence-electron chi connectivity index (χ3n) is 5.70. The van der Waals surface area contributed by atoms with Crippen molar-refractivity contribution in [1.29, 1.82) is 0 Å². The monoisotopic (exact) mass is 381 g/mol. The molecule has 1 aromatic heterocycles. The number of methoxy groups -OCH3 is 1. The maximum absolute atomic E-state index is 14.1. The van der Waals surface area contributed by atoms with Crippen molar-refractivity contribution < 1.29 is 13.9 Å². The second kappa shape index (κ2) is 6.84. The van der Waals surface area contributed by atoms with Gasteiger partial charge in [0.15, 0.2) is 5.17 Å². The van der Waals surface area contributed by atoms with E-state index in [4.69, 9.17) is 15.2 Å². The van der Waals surface area contributed by atoms with Crippen LogP contribution in [0.3, 0.4) is 0 Å². The minimum absolute atomic E-state index is 0.00842. The van der Waals surface area contributed by atoms with Crippen molar-refractivity contribution in [3.8, 4) is 5.88 Å². The fraction of sp³-hybridized carbons (Fsp3) is 0.706. The summed E-state index contributed by atoms with van der Waals surface area (Å²) >= 11 is 1.70. The first-order valence-corrected chi connectivity index (χ1v) is 9.75. The summed E-state index contributed by atoms with van der Waals surface area (Å²) in [5.74, 6) is 0.872. The summed E-state index contributed by atoms with van der Waals surface area (Å²) in [5.41, 5.74) is 6.42.